The molecule has 0 fully saturated rings. The van der Waals surface area contributed by atoms with Crippen molar-refractivity contribution in [3.63, 3.8) is 0 Å². The minimum atomic E-state index is -1.30. The van der Waals surface area contributed by atoms with Gasteiger partial charge in [0, 0.05) is 30.1 Å². The summed E-state index contributed by atoms with van der Waals surface area (Å²) in [4.78, 5) is 29.7. The van der Waals surface area contributed by atoms with Gasteiger partial charge in [-0.3, -0.25) is 4.79 Å². The lowest BCUT2D eigenvalue weighted by Crippen LogP contribution is -2.44. The fourth-order valence-electron chi connectivity index (χ4n) is 3.86. The first-order valence-electron chi connectivity index (χ1n) is 11.4. The normalized spacial score (nSPS) is 17.2. The summed E-state index contributed by atoms with van der Waals surface area (Å²) in [6, 6.07) is 21.9. The monoisotopic (exact) mass is 526 g/mol. The zero-order valence-electron chi connectivity index (χ0n) is 20.0. The number of fused-ring (bicyclic) bond motifs is 1. The summed E-state index contributed by atoms with van der Waals surface area (Å²) < 4.78 is 10.6. The van der Waals surface area contributed by atoms with Crippen molar-refractivity contribution in [1.29, 1.82) is 0 Å². The molecule has 0 unspecified atom stereocenters. The van der Waals surface area contributed by atoms with Gasteiger partial charge in [-0.15, -0.1) is 11.8 Å². The van der Waals surface area contributed by atoms with Gasteiger partial charge in [0.25, 0.3) is 5.91 Å². The quantitative estimate of drug-likeness (QED) is 0.458. The second-order valence-corrected chi connectivity index (χ2v) is 9.94. The van der Waals surface area contributed by atoms with Crippen LogP contribution in [0, 0.1) is 0 Å². The van der Waals surface area contributed by atoms with Gasteiger partial charge < -0.3 is 24.4 Å². The van der Waals surface area contributed by atoms with Crippen molar-refractivity contribution in [2.75, 3.05) is 32.1 Å². The first-order valence-corrected chi connectivity index (χ1v) is 12.6. The predicted octanol–water partition coefficient (Wildman–Crippen LogP) is 5.16. The number of hydrogen-bond donors (Lipinski definition) is 1. The number of aliphatic hydroxyl groups is 1. The van der Waals surface area contributed by atoms with Crippen LogP contribution in [0.1, 0.15) is 16.4 Å². The second-order valence-electron chi connectivity index (χ2n) is 8.32. The van der Waals surface area contributed by atoms with E-state index in [2.05, 4.69) is 0 Å². The fourth-order valence-corrected chi connectivity index (χ4v) is 5.40. The van der Waals surface area contributed by atoms with Gasteiger partial charge in [0.2, 0.25) is 0 Å². The molecule has 0 saturated carbocycles. The van der Waals surface area contributed by atoms with Crippen LogP contribution in [0.2, 0.25) is 5.02 Å². The summed E-state index contributed by atoms with van der Waals surface area (Å²) in [5.41, 5.74) is 2.31. The summed E-state index contributed by atoms with van der Waals surface area (Å²) in [7, 11) is 3.20. The van der Waals surface area contributed by atoms with Gasteiger partial charge in [0.1, 0.15) is 18.5 Å². The van der Waals surface area contributed by atoms with Crippen LogP contribution in [0.4, 0.5) is 10.5 Å². The number of rotatable bonds is 7. The third-order valence-corrected chi connectivity index (χ3v) is 7.49. The zero-order valence-corrected chi connectivity index (χ0v) is 21.5. The molecular formula is C27H27ClN2O5S. The number of anilines is 1. The maximum absolute atomic E-state index is 13.5. The maximum atomic E-state index is 13.5. The molecule has 4 rings (SSSR count). The largest absolute Gasteiger partial charge is 0.497 e. The number of thioether (sulfide) groups is 1. The average Bonchev–Trinajstić information content (AvgIpc) is 3.00. The van der Waals surface area contributed by atoms with Crippen LogP contribution in [0.15, 0.2) is 77.7 Å². The number of carbonyl (C=O) groups excluding carboxylic acids is 2. The van der Waals surface area contributed by atoms with E-state index in [0.29, 0.717) is 16.5 Å². The van der Waals surface area contributed by atoms with Gasteiger partial charge in [0.05, 0.1) is 18.0 Å². The Hall–Kier alpha value is -3.20. The lowest BCUT2D eigenvalue weighted by Gasteiger charge is -2.27. The van der Waals surface area contributed by atoms with Crippen LogP contribution in [0.25, 0.3) is 0 Å². The number of methoxy groups -OCH3 is 1. The lowest BCUT2D eigenvalue weighted by molar-refractivity contribution is -0.126. The average molecular weight is 527 g/mol. The Balaban J connectivity index is 1.50. The van der Waals surface area contributed by atoms with Crippen LogP contribution in [0.3, 0.4) is 0 Å². The summed E-state index contributed by atoms with van der Waals surface area (Å²) in [6.45, 7) is 0.552. The van der Waals surface area contributed by atoms with Crippen LogP contribution in [-0.2, 0) is 16.1 Å². The van der Waals surface area contributed by atoms with Crippen LogP contribution in [-0.4, -0.2) is 55.4 Å². The van der Waals surface area contributed by atoms with E-state index in [0.717, 1.165) is 16.0 Å². The highest BCUT2D eigenvalue weighted by atomic mass is 35.5. The first-order chi connectivity index (χ1) is 17.4. The molecule has 0 saturated heterocycles. The Bertz CT molecular complexity index is 1210. The molecule has 0 radical (unpaired) electrons. The number of hydrogen-bond acceptors (Lipinski definition) is 6. The number of benzene rings is 3. The molecule has 36 heavy (non-hydrogen) atoms. The van der Waals surface area contributed by atoms with Gasteiger partial charge in [-0.25, -0.2) is 4.79 Å². The van der Waals surface area contributed by atoms with Crippen molar-refractivity contribution < 1.29 is 24.2 Å². The van der Waals surface area contributed by atoms with E-state index in [1.54, 1.807) is 44.5 Å². The van der Waals surface area contributed by atoms with Crippen molar-refractivity contribution >= 4 is 41.1 Å². The van der Waals surface area contributed by atoms with Gasteiger partial charge >= 0.3 is 6.09 Å². The molecule has 9 heteroatoms. The number of carbonyl (C=O) groups is 2. The van der Waals surface area contributed by atoms with E-state index in [9.17, 15) is 14.7 Å². The van der Waals surface area contributed by atoms with E-state index in [-0.39, 0.29) is 19.7 Å². The molecule has 1 N–H and O–H groups in total. The molecule has 2 amide bonds. The summed E-state index contributed by atoms with van der Waals surface area (Å²) in [6.07, 6.45) is -1.80. The molecule has 2 atom stereocenters. The highest BCUT2D eigenvalue weighted by Gasteiger charge is 2.37. The van der Waals surface area contributed by atoms with Crippen molar-refractivity contribution in [2.45, 2.75) is 22.9 Å². The summed E-state index contributed by atoms with van der Waals surface area (Å²) in [5.74, 6) is 0.237. The molecule has 3 aromatic carbocycles. The molecule has 1 aliphatic heterocycles. The summed E-state index contributed by atoms with van der Waals surface area (Å²) >= 11 is 7.65. The number of halogens is 1. The number of aliphatic hydroxyl groups excluding tert-OH is 1. The molecular weight excluding hydrogens is 500 g/mol. The van der Waals surface area contributed by atoms with Crippen molar-refractivity contribution in [1.82, 2.24) is 4.90 Å². The molecule has 188 valence electrons. The van der Waals surface area contributed by atoms with Gasteiger partial charge in [-0.2, -0.15) is 0 Å². The smallest absolute Gasteiger partial charge is 0.409 e. The molecule has 0 spiro atoms. The molecule has 0 bridgehead atoms. The first kappa shape index (κ1) is 25.9. The molecule has 3 aromatic rings. The number of amides is 2. The van der Waals surface area contributed by atoms with Gasteiger partial charge in [0.15, 0.2) is 0 Å². The molecule has 7 nitrogen and oxygen atoms in total. The van der Waals surface area contributed by atoms with E-state index in [1.165, 1.54) is 21.6 Å². The summed E-state index contributed by atoms with van der Waals surface area (Å²) in [5, 5.41) is 11.1. The Morgan fingerprint density at radius 2 is 1.83 bits per heavy atom. The number of ether oxygens (including phenoxy) is 2. The van der Waals surface area contributed by atoms with E-state index < -0.39 is 23.4 Å². The Morgan fingerprint density at radius 1 is 1.11 bits per heavy atom. The second kappa shape index (κ2) is 11.7. The molecule has 1 aliphatic rings. The Labute approximate surface area is 219 Å². The van der Waals surface area contributed by atoms with Crippen molar-refractivity contribution in [3.8, 4) is 5.75 Å². The molecule has 0 aliphatic carbocycles. The standard InChI is InChI=1S/C27H27ClN2O5S/c1-29(27(33)35-17-18-6-4-3-5-7-18)14-15-30-22-13-10-20(28)16-23(22)36-25(24(31)26(30)32)19-8-11-21(34-2)12-9-19/h3-13,16,24-25,31H,14-15,17H2,1-2H3/t24-,25+/m0/s1. The van der Waals surface area contributed by atoms with E-state index >= 15 is 0 Å². The lowest BCUT2D eigenvalue weighted by atomic mass is 10.1. The molecule has 1 heterocycles. The van der Waals surface area contributed by atoms with Crippen LogP contribution >= 0.6 is 23.4 Å². The van der Waals surface area contributed by atoms with Crippen LogP contribution in [0.5, 0.6) is 5.75 Å². The third-order valence-electron chi connectivity index (χ3n) is 5.89. The minimum absolute atomic E-state index is 0.160. The zero-order chi connectivity index (χ0) is 25.7. The van der Waals surface area contributed by atoms with E-state index in [1.807, 2.05) is 42.5 Å². The third kappa shape index (κ3) is 5.95. The predicted molar refractivity (Wildman–Crippen MR) is 141 cm³/mol. The maximum Gasteiger partial charge on any atom is 0.409 e. The number of likely N-dealkylation sites (N-methyl/N-ethyl adjacent to an activating group) is 1. The minimum Gasteiger partial charge on any atom is -0.497 e. The van der Waals surface area contributed by atoms with Crippen molar-refractivity contribution in [2.24, 2.45) is 0 Å². The van der Waals surface area contributed by atoms with E-state index in [4.69, 9.17) is 21.1 Å². The van der Waals surface area contributed by atoms with Gasteiger partial charge in [-0.1, -0.05) is 54.1 Å². The fraction of sp³-hybridized carbons (Fsp3) is 0.259. The highest BCUT2D eigenvalue weighted by Crippen LogP contribution is 2.46. The highest BCUT2D eigenvalue weighted by molar-refractivity contribution is 7.99. The Kier molecular flexibility index (Phi) is 8.40. The Morgan fingerprint density at radius 3 is 2.53 bits per heavy atom. The van der Waals surface area contributed by atoms with Gasteiger partial charge in [-0.05, 0) is 41.5 Å². The van der Waals surface area contributed by atoms with Crippen molar-refractivity contribution in [3.05, 3.63) is 88.9 Å². The molecule has 0 aromatic heterocycles. The topological polar surface area (TPSA) is 79.3 Å². The van der Waals surface area contributed by atoms with Crippen LogP contribution < -0.4 is 9.64 Å². The SMILES string of the molecule is COc1ccc([C@H]2Sc3cc(Cl)ccc3N(CCN(C)C(=O)OCc3ccccc3)C(=O)[C@H]2O)cc1. The number of nitrogens with zero attached hydrogens (tertiary/aromatic N) is 2.